The SMILES string of the molecule is CC(C)(F)CN1CCc2c([nH]c3ccc(O)cc23)[C@H]1c1c(F)cc(/C=C/C(=O)O)cc1F. The molecule has 168 valence electrons. The second-order valence-electron chi connectivity index (χ2n) is 8.66. The summed E-state index contributed by atoms with van der Waals surface area (Å²) in [6.45, 7) is 3.15. The maximum atomic E-state index is 15.2. The number of aromatic hydroxyl groups is 1. The van der Waals surface area contributed by atoms with Gasteiger partial charge in [0, 0.05) is 41.3 Å². The molecule has 32 heavy (non-hydrogen) atoms. The molecular formula is C24H23F3N2O3. The average Bonchev–Trinajstić information content (AvgIpc) is 3.04. The van der Waals surface area contributed by atoms with Gasteiger partial charge < -0.3 is 15.2 Å². The van der Waals surface area contributed by atoms with E-state index in [1.54, 1.807) is 17.0 Å². The van der Waals surface area contributed by atoms with E-state index >= 15 is 8.78 Å². The minimum Gasteiger partial charge on any atom is -0.508 e. The predicted molar refractivity (Wildman–Crippen MR) is 115 cm³/mol. The molecule has 0 radical (unpaired) electrons. The fourth-order valence-electron chi connectivity index (χ4n) is 4.44. The van der Waals surface area contributed by atoms with Gasteiger partial charge in [0.1, 0.15) is 23.1 Å². The summed E-state index contributed by atoms with van der Waals surface area (Å²) in [4.78, 5) is 15.7. The number of aliphatic carboxylic acids is 1. The Bertz CT molecular complexity index is 1200. The number of phenols is 1. The number of benzene rings is 2. The number of hydrogen-bond acceptors (Lipinski definition) is 3. The number of nitrogens with one attached hydrogen (secondary N) is 1. The molecule has 8 heteroatoms. The van der Waals surface area contributed by atoms with Crippen LogP contribution in [0.1, 0.15) is 42.3 Å². The molecule has 0 amide bonds. The van der Waals surface area contributed by atoms with E-state index in [-0.39, 0.29) is 23.4 Å². The first-order valence-corrected chi connectivity index (χ1v) is 10.2. The van der Waals surface area contributed by atoms with Crippen molar-refractivity contribution in [3.8, 4) is 5.75 Å². The summed E-state index contributed by atoms with van der Waals surface area (Å²) in [6.07, 6.45) is 2.43. The van der Waals surface area contributed by atoms with Gasteiger partial charge in [0.25, 0.3) is 0 Å². The van der Waals surface area contributed by atoms with Crippen LogP contribution in [0.4, 0.5) is 13.2 Å². The topological polar surface area (TPSA) is 76.6 Å². The molecule has 5 nitrogen and oxygen atoms in total. The summed E-state index contributed by atoms with van der Waals surface area (Å²) >= 11 is 0. The summed E-state index contributed by atoms with van der Waals surface area (Å²) in [6, 6.07) is 6.03. The molecular weight excluding hydrogens is 421 g/mol. The highest BCUT2D eigenvalue weighted by atomic mass is 19.1. The lowest BCUT2D eigenvalue weighted by molar-refractivity contribution is -0.131. The molecule has 0 fully saturated rings. The molecule has 1 aromatic heterocycles. The number of aromatic nitrogens is 1. The first kappa shape index (κ1) is 22.0. The number of aromatic amines is 1. The molecule has 0 saturated heterocycles. The molecule has 1 aliphatic rings. The highest BCUT2D eigenvalue weighted by Gasteiger charge is 2.37. The number of H-pyrrole nitrogens is 1. The lowest BCUT2D eigenvalue weighted by Gasteiger charge is -2.38. The predicted octanol–water partition coefficient (Wildman–Crippen LogP) is 4.95. The Balaban J connectivity index is 1.89. The van der Waals surface area contributed by atoms with Gasteiger partial charge in [-0.3, -0.25) is 4.90 Å². The molecule has 3 aromatic rings. The van der Waals surface area contributed by atoms with Gasteiger partial charge in [-0.2, -0.15) is 0 Å². The van der Waals surface area contributed by atoms with Crippen molar-refractivity contribution >= 4 is 22.9 Å². The molecule has 3 N–H and O–H groups in total. The smallest absolute Gasteiger partial charge is 0.328 e. The van der Waals surface area contributed by atoms with Crippen LogP contribution >= 0.6 is 0 Å². The maximum Gasteiger partial charge on any atom is 0.328 e. The maximum absolute atomic E-state index is 15.2. The van der Waals surface area contributed by atoms with Gasteiger partial charge in [-0.05, 0) is 67.8 Å². The number of halogens is 3. The third-order valence-corrected chi connectivity index (χ3v) is 5.58. The van der Waals surface area contributed by atoms with Crippen molar-refractivity contribution in [2.45, 2.75) is 32.0 Å². The third kappa shape index (κ3) is 4.23. The van der Waals surface area contributed by atoms with Gasteiger partial charge >= 0.3 is 5.97 Å². The van der Waals surface area contributed by atoms with E-state index in [1.807, 2.05) is 0 Å². The van der Waals surface area contributed by atoms with Crippen molar-refractivity contribution in [3.05, 3.63) is 70.4 Å². The van der Waals surface area contributed by atoms with Crippen LogP contribution in [-0.2, 0) is 11.2 Å². The number of carboxylic acid groups (broad SMARTS) is 1. The van der Waals surface area contributed by atoms with Crippen LogP contribution in [0, 0.1) is 11.6 Å². The van der Waals surface area contributed by atoms with Gasteiger partial charge in [0.05, 0.1) is 6.04 Å². The molecule has 0 unspecified atom stereocenters. The average molecular weight is 444 g/mol. The van der Waals surface area contributed by atoms with Crippen molar-refractivity contribution in [2.75, 3.05) is 13.1 Å². The molecule has 4 rings (SSSR count). The molecule has 2 aromatic carbocycles. The second kappa shape index (κ2) is 8.02. The largest absolute Gasteiger partial charge is 0.508 e. The normalized spacial score (nSPS) is 17.2. The van der Waals surface area contributed by atoms with Crippen molar-refractivity contribution in [2.24, 2.45) is 0 Å². The van der Waals surface area contributed by atoms with Crippen LogP contribution in [0.15, 0.2) is 36.4 Å². The van der Waals surface area contributed by atoms with E-state index in [4.69, 9.17) is 5.11 Å². The van der Waals surface area contributed by atoms with Crippen molar-refractivity contribution in [1.29, 1.82) is 0 Å². The lowest BCUT2D eigenvalue weighted by atomic mass is 9.90. The van der Waals surface area contributed by atoms with Gasteiger partial charge in [-0.25, -0.2) is 18.0 Å². The molecule has 1 aliphatic heterocycles. The summed E-state index contributed by atoms with van der Waals surface area (Å²) < 4.78 is 45.1. The van der Waals surface area contributed by atoms with E-state index in [0.29, 0.717) is 24.2 Å². The molecule has 0 spiro atoms. The minimum absolute atomic E-state index is 0.0444. The molecule has 0 saturated carbocycles. The zero-order valence-corrected chi connectivity index (χ0v) is 17.6. The Morgan fingerprint density at radius 2 is 1.94 bits per heavy atom. The standard InChI is InChI=1S/C24H23F3N2O3/c1-24(2,27)12-29-8-7-15-16-11-14(30)4-5-19(16)28-22(15)23(29)21-17(25)9-13(10-18(21)26)3-6-20(31)32/h3-6,9-11,23,28,30H,7-8,12H2,1-2H3,(H,31,32)/b6-3+/t23-/m1/s1. The first-order valence-electron chi connectivity index (χ1n) is 10.2. The fraction of sp³-hybridized carbons (Fsp3) is 0.292. The highest BCUT2D eigenvalue weighted by molar-refractivity contribution is 5.87. The van der Waals surface area contributed by atoms with E-state index in [1.165, 1.54) is 19.9 Å². The number of nitrogens with zero attached hydrogens (tertiary/aromatic N) is 1. The highest BCUT2D eigenvalue weighted by Crippen LogP contribution is 2.41. The number of carboxylic acids is 1. The molecule has 0 aliphatic carbocycles. The lowest BCUT2D eigenvalue weighted by Crippen LogP contribution is -2.43. The Hall–Kier alpha value is -3.26. The Kier molecular flexibility index (Phi) is 5.50. The van der Waals surface area contributed by atoms with Crippen molar-refractivity contribution < 1.29 is 28.2 Å². The van der Waals surface area contributed by atoms with Crippen LogP contribution in [-0.4, -0.2) is 44.8 Å². The van der Waals surface area contributed by atoms with Crippen LogP contribution in [0.2, 0.25) is 0 Å². The zero-order chi connectivity index (χ0) is 23.2. The van der Waals surface area contributed by atoms with Crippen molar-refractivity contribution in [1.82, 2.24) is 9.88 Å². The Morgan fingerprint density at radius 3 is 2.56 bits per heavy atom. The van der Waals surface area contributed by atoms with E-state index in [0.717, 1.165) is 35.2 Å². The van der Waals surface area contributed by atoms with Gasteiger partial charge in [0.2, 0.25) is 0 Å². The minimum atomic E-state index is -1.60. The van der Waals surface area contributed by atoms with Gasteiger partial charge in [0.15, 0.2) is 0 Å². The number of hydrogen-bond donors (Lipinski definition) is 3. The molecule has 0 bridgehead atoms. The van der Waals surface area contributed by atoms with Crippen LogP contribution in [0.25, 0.3) is 17.0 Å². The fourth-order valence-corrected chi connectivity index (χ4v) is 4.44. The number of alkyl halides is 1. The summed E-state index contributed by atoms with van der Waals surface area (Å²) in [5.41, 5.74) is 0.313. The molecule has 1 atom stereocenters. The number of fused-ring (bicyclic) bond motifs is 3. The monoisotopic (exact) mass is 444 g/mol. The van der Waals surface area contributed by atoms with E-state index < -0.39 is 29.3 Å². The van der Waals surface area contributed by atoms with Gasteiger partial charge in [-0.15, -0.1) is 0 Å². The van der Waals surface area contributed by atoms with E-state index in [2.05, 4.69) is 4.98 Å². The summed E-state index contributed by atoms with van der Waals surface area (Å²) in [5.74, 6) is -2.85. The molecule has 2 heterocycles. The number of rotatable bonds is 5. The van der Waals surface area contributed by atoms with Crippen LogP contribution in [0.5, 0.6) is 5.75 Å². The van der Waals surface area contributed by atoms with Gasteiger partial charge in [-0.1, -0.05) is 0 Å². The first-order chi connectivity index (χ1) is 15.0. The third-order valence-electron chi connectivity index (χ3n) is 5.58. The Morgan fingerprint density at radius 1 is 1.25 bits per heavy atom. The van der Waals surface area contributed by atoms with Crippen molar-refractivity contribution in [3.63, 3.8) is 0 Å². The summed E-state index contributed by atoms with van der Waals surface area (Å²) in [5, 5.41) is 19.4. The Labute approximate surface area is 182 Å². The number of carbonyl (C=O) groups is 1. The quantitative estimate of drug-likeness (QED) is 0.487. The van der Waals surface area contributed by atoms with E-state index in [9.17, 15) is 14.3 Å². The van der Waals surface area contributed by atoms with Crippen LogP contribution < -0.4 is 0 Å². The zero-order valence-electron chi connectivity index (χ0n) is 17.6. The number of phenolic OH excluding ortho intramolecular Hbond substituents is 1. The van der Waals surface area contributed by atoms with Crippen LogP contribution in [0.3, 0.4) is 0 Å². The second-order valence-corrected chi connectivity index (χ2v) is 8.66. The summed E-state index contributed by atoms with van der Waals surface area (Å²) in [7, 11) is 0.